The first-order valence-corrected chi connectivity index (χ1v) is 10.7. The number of nitrogens with zero attached hydrogens (tertiary/aromatic N) is 1. The molecule has 1 amide bonds. The van der Waals surface area contributed by atoms with Crippen molar-refractivity contribution in [2.45, 2.75) is 44.2 Å². The summed E-state index contributed by atoms with van der Waals surface area (Å²) in [7, 11) is 0. The number of aryl methyl sites for hydroxylation is 1. The van der Waals surface area contributed by atoms with Crippen molar-refractivity contribution < 1.29 is 14.3 Å². The molecule has 1 aliphatic rings. The lowest BCUT2D eigenvalue weighted by molar-refractivity contribution is -0.113. The highest BCUT2D eigenvalue weighted by atomic mass is 32.2. The van der Waals surface area contributed by atoms with Crippen LogP contribution in [0.25, 0.3) is 0 Å². The number of aromatic amines is 1. The van der Waals surface area contributed by atoms with Crippen molar-refractivity contribution in [3.63, 3.8) is 0 Å². The lowest BCUT2D eigenvalue weighted by atomic mass is 10.1. The van der Waals surface area contributed by atoms with Crippen molar-refractivity contribution in [2.75, 3.05) is 17.7 Å². The van der Waals surface area contributed by atoms with Gasteiger partial charge in [0.1, 0.15) is 5.00 Å². The molecule has 0 fully saturated rings. The third kappa shape index (κ3) is 4.98. The van der Waals surface area contributed by atoms with Gasteiger partial charge in [0.15, 0.2) is 5.16 Å². The van der Waals surface area contributed by atoms with Gasteiger partial charge in [0.2, 0.25) is 5.91 Å². The van der Waals surface area contributed by atoms with E-state index in [1.807, 2.05) is 0 Å². The number of anilines is 1. The third-order valence-electron chi connectivity index (χ3n) is 4.14. The number of thiophene rings is 1. The normalized spacial score (nSPS) is 13.5. The molecule has 9 heteroatoms. The molecule has 0 bridgehead atoms. The molecular weight excluding hydrogens is 386 g/mol. The zero-order valence-corrected chi connectivity index (χ0v) is 16.6. The van der Waals surface area contributed by atoms with Gasteiger partial charge in [-0.15, -0.1) is 11.3 Å². The van der Waals surface area contributed by atoms with Crippen molar-refractivity contribution >= 4 is 40.0 Å². The first-order chi connectivity index (χ1) is 13.1. The molecule has 2 N–H and O–H groups in total. The Morgan fingerprint density at radius 2 is 2.15 bits per heavy atom. The number of amides is 1. The number of rotatable bonds is 6. The third-order valence-corrected chi connectivity index (χ3v) is 6.24. The molecule has 0 radical (unpaired) electrons. The minimum absolute atomic E-state index is 0.0811. The Kier molecular flexibility index (Phi) is 6.68. The van der Waals surface area contributed by atoms with E-state index in [4.69, 9.17) is 4.74 Å². The van der Waals surface area contributed by atoms with E-state index >= 15 is 0 Å². The summed E-state index contributed by atoms with van der Waals surface area (Å²) in [4.78, 5) is 43.9. The van der Waals surface area contributed by atoms with Crippen molar-refractivity contribution in [2.24, 2.45) is 0 Å². The minimum Gasteiger partial charge on any atom is -0.462 e. The van der Waals surface area contributed by atoms with E-state index in [9.17, 15) is 14.4 Å². The number of aromatic nitrogens is 2. The fourth-order valence-electron chi connectivity index (χ4n) is 2.97. The number of hydrogen-bond acceptors (Lipinski definition) is 7. The highest BCUT2D eigenvalue weighted by Crippen LogP contribution is 2.38. The van der Waals surface area contributed by atoms with Gasteiger partial charge in [-0.3, -0.25) is 9.59 Å². The average Bonchev–Trinajstić information content (AvgIpc) is 2.81. The molecule has 0 unspecified atom stereocenters. The van der Waals surface area contributed by atoms with Gasteiger partial charge in [-0.2, -0.15) is 0 Å². The molecule has 1 aliphatic carbocycles. The molecule has 0 aromatic carbocycles. The predicted molar refractivity (Wildman–Crippen MR) is 106 cm³/mol. The lowest BCUT2D eigenvalue weighted by Gasteiger charge is -2.08. The molecule has 0 atom stereocenters. The number of esters is 1. The Bertz CT molecular complexity index is 891. The molecule has 27 heavy (non-hydrogen) atoms. The lowest BCUT2D eigenvalue weighted by Crippen LogP contribution is -2.17. The summed E-state index contributed by atoms with van der Waals surface area (Å²) in [6.07, 6.45) is 6.42. The van der Waals surface area contributed by atoms with Crippen LogP contribution < -0.4 is 10.9 Å². The number of hydrogen-bond donors (Lipinski definition) is 2. The van der Waals surface area contributed by atoms with Gasteiger partial charge in [-0.1, -0.05) is 18.2 Å². The smallest absolute Gasteiger partial charge is 0.341 e. The fraction of sp³-hybridized carbons (Fsp3) is 0.444. The summed E-state index contributed by atoms with van der Waals surface area (Å²) in [6.45, 7) is 2.06. The SMILES string of the molecule is CCOC(=O)c1c(NC(=O)CSc2nccc(=O)[nH]2)sc2c1CCCCC2. The Balaban J connectivity index is 1.75. The van der Waals surface area contributed by atoms with Crippen LogP contribution in [0.2, 0.25) is 0 Å². The highest BCUT2D eigenvalue weighted by molar-refractivity contribution is 7.99. The molecule has 3 rings (SSSR count). The highest BCUT2D eigenvalue weighted by Gasteiger charge is 2.26. The molecule has 2 heterocycles. The molecule has 2 aromatic heterocycles. The molecule has 2 aromatic rings. The standard InChI is InChI=1S/C18H21N3O4S2/c1-2-25-17(24)15-11-6-4-3-5-7-12(11)27-16(15)20-14(23)10-26-18-19-9-8-13(22)21-18/h8-9H,2-7,10H2,1H3,(H,20,23)(H,19,21,22). The summed E-state index contributed by atoms with van der Waals surface area (Å²) >= 11 is 2.60. The van der Waals surface area contributed by atoms with Gasteiger partial charge in [0.05, 0.1) is 17.9 Å². The van der Waals surface area contributed by atoms with Crippen molar-refractivity contribution in [3.05, 3.63) is 38.6 Å². The number of fused-ring (bicyclic) bond motifs is 1. The summed E-state index contributed by atoms with van der Waals surface area (Å²) in [6, 6.07) is 1.31. The van der Waals surface area contributed by atoms with Gasteiger partial charge in [-0.25, -0.2) is 9.78 Å². The quantitative estimate of drug-likeness (QED) is 0.330. The first kappa shape index (κ1) is 19.6. The maximum atomic E-state index is 12.5. The molecule has 0 aliphatic heterocycles. The molecule has 0 saturated heterocycles. The fourth-order valence-corrected chi connectivity index (χ4v) is 4.91. The second-order valence-electron chi connectivity index (χ2n) is 6.07. The van der Waals surface area contributed by atoms with E-state index in [0.29, 0.717) is 22.3 Å². The van der Waals surface area contributed by atoms with Crippen LogP contribution in [-0.2, 0) is 22.4 Å². The number of thioether (sulfide) groups is 1. The summed E-state index contributed by atoms with van der Waals surface area (Å²) < 4.78 is 5.22. The van der Waals surface area contributed by atoms with Crippen molar-refractivity contribution in [1.29, 1.82) is 0 Å². The van der Waals surface area contributed by atoms with E-state index in [0.717, 1.165) is 54.3 Å². The molecule has 144 valence electrons. The van der Waals surface area contributed by atoms with Crippen LogP contribution in [0.4, 0.5) is 5.00 Å². The van der Waals surface area contributed by atoms with E-state index in [2.05, 4.69) is 15.3 Å². The second kappa shape index (κ2) is 9.18. The van der Waals surface area contributed by atoms with E-state index in [1.165, 1.54) is 23.6 Å². The monoisotopic (exact) mass is 407 g/mol. The van der Waals surface area contributed by atoms with Crippen LogP contribution >= 0.6 is 23.1 Å². The maximum Gasteiger partial charge on any atom is 0.341 e. The van der Waals surface area contributed by atoms with Gasteiger partial charge >= 0.3 is 5.97 Å². The van der Waals surface area contributed by atoms with E-state index in [-0.39, 0.29) is 23.2 Å². The van der Waals surface area contributed by atoms with E-state index < -0.39 is 0 Å². The van der Waals surface area contributed by atoms with Crippen LogP contribution in [0.5, 0.6) is 0 Å². The van der Waals surface area contributed by atoms with Crippen LogP contribution in [0.15, 0.2) is 22.2 Å². The van der Waals surface area contributed by atoms with Crippen LogP contribution in [0.3, 0.4) is 0 Å². The number of nitrogens with one attached hydrogen (secondary N) is 2. The Morgan fingerprint density at radius 3 is 2.93 bits per heavy atom. The number of ether oxygens (including phenoxy) is 1. The van der Waals surface area contributed by atoms with Crippen molar-refractivity contribution in [1.82, 2.24) is 9.97 Å². The predicted octanol–water partition coefficient (Wildman–Crippen LogP) is 3.01. The van der Waals surface area contributed by atoms with Gasteiger partial charge < -0.3 is 15.0 Å². The summed E-state index contributed by atoms with van der Waals surface area (Å²) in [5.41, 5.74) is 1.26. The molecule has 0 saturated carbocycles. The molecular formula is C18H21N3O4S2. The summed E-state index contributed by atoms with van der Waals surface area (Å²) in [5.74, 6) is -0.556. The van der Waals surface area contributed by atoms with Crippen LogP contribution in [-0.4, -0.2) is 34.2 Å². The zero-order valence-electron chi connectivity index (χ0n) is 15.0. The Labute approximate surface area is 164 Å². The zero-order chi connectivity index (χ0) is 19.2. The number of H-pyrrole nitrogens is 1. The van der Waals surface area contributed by atoms with Gasteiger partial charge in [0, 0.05) is 17.1 Å². The largest absolute Gasteiger partial charge is 0.462 e. The van der Waals surface area contributed by atoms with Crippen LogP contribution in [0, 0.1) is 0 Å². The Hall–Kier alpha value is -2.13. The Morgan fingerprint density at radius 1 is 1.33 bits per heavy atom. The number of carbonyl (C=O) groups is 2. The molecule has 7 nitrogen and oxygen atoms in total. The second-order valence-corrected chi connectivity index (χ2v) is 8.13. The van der Waals surface area contributed by atoms with Gasteiger partial charge in [-0.05, 0) is 38.2 Å². The average molecular weight is 408 g/mol. The molecule has 0 spiro atoms. The van der Waals surface area contributed by atoms with Gasteiger partial charge in [0.25, 0.3) is 5.56 Å². The minimum atomic E-state index is -0.381. The van der Waals surface area contributed by atoms with Crippen LogP contribution in [0.1, 0.15) is 47.0 Å². The number of carbonyl (C=O) groups excluding carboxylic acids is 2. The maximum absolute atomic E-state index is 12.5. The first-order valence-electron chi connectivity index (χ1n) is 8.88. The topological polar surface area (TPSA) is 101 Å². The summed E-state index contributed by atoms with van der Waals surface area (Å²) in [5, 5.41) is 3.79. The van der Waals surface area contributed by atoms with E-state index in [1.54, 1.807) is 6.92 Å². The van der Waals surface area contributed by atoms with Crippen molar-refractivity contribution in [3.8, 4) is 0 Å².